The number of hydrogen-bond acceptors (Lipinski definition) is 3. The molecule has 2 aromatic carbocycles. The van der Waals surface area contributed by atoms with Crippen LogP contribution in [-0.2, 0) is 0 Å². The first-order valence-electron chi connectivity index (χ1n) is 6.12. The fraction of sp³-hybridized carbons (Fsp3) is 0.133. The summed E-state index contributed by atoms with van der Waals surface area (Å²) in [6, 6.07) is 7.62. The molecule has 0 spiro atoms. The van der Waals surface area contributed by atoms with E-state index in [9.17, 15) is 9.18 Å². The summed E-state index contributed by atoms with van der Waals surface area (Å²) < 4.78 is 18.7. The van der Waals surface area contributed by atoms with Gasteiger partial charge >= 0.3 is 0 Å². The van der Waals surface area contributed by atoms with Gasteiger partial charge in [0.05, 0.1) is 11.6 Å². The maximum absolute atomic E-state index is 13.4. The zero-order chi connectivity index (χ0) is 15.6. The quantitative estimate of drug-likeness (QED) is 0.827. The summed E-state index contributed by atoms with van der Waals surface area (Å²) in [4.78, 5) is 12.3. The molecule has 0 aliphatic rings. The number of carbonyl (C=O) groups is 1. The molecule has 4 nitrogen and oxygen atoms in total. The first-order valence-corrected chi connectivity index (χ1v) is 6.91. The highest BCUT2D eigenvalue weighted by Crippen LogP contribution is 2.25. The van der Waals surface area contributed by atoms with Crippen LogP contribution in [-0.4, -0.2) is 13.0 Å². The maximum Gasteiger partial charge on any atom is 0.255 e. The van der Waals surface area contributed by atoms with Crippen molar-refractivity contribution in [3.05, 3.63) is 51.7 Å². The molecule has 110 valence electrons. The lowest BCUT2D eigenvalue weighted by Crippen LogP contribution is -2.13. The monoisotopic (exact) mass is 352 g/mol. The van der Waals surface area contributed by atoms with Crippen molar-refractivity contribution in [1.82, 2.24) is 0 Å². The van der Waals surface area contributed by atoms with Gasteiger partial charge in [-0.15, -0.1) is 0 Å². The molecule has 2 rings (SSSR count). The molecule has 0 aliphatic heterocycles. The van der Waals surface area contributed by atoms with Gasteiger partial charge in [0.1, 0.15) is 11.6 Å². The van der Waals surface area contributed by atoms with Crippen molar-refractivity contribution in [2.45, 2.75) is 6.92 Å². The average Bonchev–Trinajstić information content (AvgIpc) is 2.43. The molecule has 0 saturated carbocycles. The van der Waals surface area contributed by atoms with Gasteiger partial charge in [-0.2, -0.15) is 0 Å². The molecular formula is C15H14BrFN2O2. The molecule has 0 heterocycles. The zero-order valence-electron chi connectivity index (χ0n) is 11.5. The predicted octanol–water partition coefficient (Wildman–Crippen LogP) is 3.74. The van der Waals surface area contributed by atoms with Crippen molar-refractivity contribution >= 4 is 33.2 Å². The number of anilines is 2. The third-order valence-corrected chi connectivity index (χ3v) is 3.55. The van der Waals surface area contributed by atoms with Gasteiger partial charge in [-0.3, -0.25) is 4.79 Å². The van der Waals surface area contributed by atoms with Crippen LogP contribution in [0.25, 0.3) is 0 Å². The predicted molar refractivity (Wildman–Crippen MR) is 84.2 cm³/mol. The van der Waals surface area contributed by atoms with E-state index in [-0.39, 0.29) is 16.2 Å². The van der Waals surface area contributed by atoms with Gasteiger partial charge in [0.25, 0.3) is 5.91 Å². The second-order valence-electron chi connectivity index (χ2n) is 4.53. The second-order valence-corrected chi connectivity index (χ2v) is 5.38. The van der Waals surface area contributed by atoms with E-state index in [0.29, 0.717) is 28.3 Å². The van der Waals surface area contributed by atoms with E-state index in [2.05, 4.69) is 21.2 Å². The Hall–Kier alpha value is -2.08. The molecular weight excluding hydrogens is 339 g/mol. The summed E-state index contributed by atoms with van der Waals surface area (Å²) in [6.07, 6.45) is 0. The Labute approximate surface area is 130 Å². The lowest BCUT2D eigenvalue weighted by atomic mass is 10.1. The molecule has 1 amide bonds. The van der Waals surface area contributed by atoms with Crippen LogP contribution in [0.1, 0.15) is 15.9 Å². The Kier molecular flexibility index (Phi) is 4.47. The molecule has 3 N–H and O–H groups in total. The van der Waals surface area contributed by atoms with Crippen molar-refractivity contribution in [2.24, 2.45) is 0 Å². The van der Waals surface area contributed by atoms with Crippen molar-refractivity contribution in [1.29, 1.82) is 0 Å². The summed E-state index contributed by atoms with van der Waals surface area (Å²) in [5, 5.41) is 2.73. The fourth-order valence-corrected chi connectivity index (χ4v) is 2.19. The molecule has 0 radical (unpaired) electrons. The van der Waals surface area contributed by atoms with E-state index in [1.807, 2.05) is 0 Å². The minimum absolute atomic E-state index is 0.286. The number of nitrogens with two attached hydrogens (primary N) is 1. The third-order valence-electron chi connectivity index (χ3n) is 2.94. The van der Waals surface area contributed by atoms with Crippen molar-refractivity contribution in [2.75, 3.05) is 18.2 Å². The van der Waals surface area contributed by atoms with Crippen LogP contribution in [0.4, 0.5) is 15.8 Å². The van der Waals surface area contributed by atoms with Crippen LogP contribution in [0.15, 0.2) is 34.8 Å². The first-order chi connectivity index (χ1) is 9.90. The number of hydrogen-bond donors (Lipinski definition) is 2. The van der Waals surface area contributed by atoms with Gasteiger partial charge in [0.2, 0.25) is 0 Å². The minimum Gasteiger partial charge on any atom is -0.497 e. The van der Waals surface area contributed by atoms with Gasteiger partial charge in [-0.25, -0.2) is 4.39 Å². The highest BCUT2D eigenvalue weighted by atomic mass is 79.9. The molecule has 0 bridgehead atoms. The Balaban J connectivity index is 2.30. The Morgan fingerprint density at radius 1 is 1.29 bits per heavy atom. The normalized spacial score (nSPS) is 10.3. The molecule has 0 saturated heterocycles. The van der Waals surface area contributed by atoms with Crippen LogP contribution >= 0.6 is 15.9 Å². The number of nitrogen functional groups attached to an aromatic ring is 1. The number of ether oxygens (including phenoxy) is 1. The Morgan fingerprint density at radius 2 is 2.00 bits per heavy atom. The molecule has 6 heteroatoms. The molecule has 0 fully saturated rings. The van der Waals surface area contributed by atoms with Crippen LogP contribution in [0.5, 0.6) is 5.75 Å². The van der Waals surface area contributed by atoms with Gasteiger partial charge in [0.15, 0.2) is 0 Å². The number of benzene rings is 2. The van der Waals surface area contributed by atoms with Gasteiger partial charge in [-0.05, 0) is 52.7 Å². The molecule has 2 aromatic rings. The largest absolute Gasteiger partial charge is 0.497 e. The average molecular weight is 353 g/mol. The fourth-order valence-electron chi connectivity index (χ4n) is 1.85. The smallest absolute Gasteiger partial charge is 0.255 e. The lowest BCUT2D eigenvalue weighted by Gasteiger charge is -2.11. The summed E-state index contributed by atoms with van der Waals surface area (Å²) in [6.45, 7) is 1.71. The standard InChI is InChI=1S/C15H14BrFN2O2/c1-8-3-13(17)12(16)7-14(8)19-15(20)9-4-10(18)6-11(5-9)21-2/h3-7H,18H2,1-2H3,(H,19,20). The van der Waals surface area contributed by atoms with Crippen molar-refractivity contribution < 1.29 is 13.9 Å². The van der Waals surface area contributed by atoms with E-state index in [0.717, 1.165) is 0 Å². The summed E-state index contributed by atoms with van der Waals surface area (Å²) in [5.74, 6) is -0.226. The lowest BCUT2D eigenvalue weighted by molar-refractivity contribution is 0.102. The molecule has 0 unspecified atom stereocenters. The van der Waals surface area contributed by atoms with Crippen LogP contribution in [0.3, 0.4) is 0 Å². The first kappa shape index (κ1) is 15.3. The van der Waals surface area contributed by atoms with Crippen LogP contribution < -0.4 is 15.8 Å². The minimum atomic E-state index is -0.379. The summed E-state index contributed by atoms with van der Waals surface area (Å²) in [7, 11) is 1.50. The topological polar surface area (TPSA) is 64.3 Å². The SMILES string of the molecule is COc1cc(N)cc(C(=O)Nc2cc(Br)c(F)cc2C)c1. The summed E-state index contributed by atoms with van der Waals surface area (Å²) >= 11 is 3.09. The number of aryl methyl sites for hydroxylation is 1. The molecule has 21 heavy (non-hydrogen) atoms. The van der Waals surface area contributed by atoms with Gasteiger partial charge in [-0.1, -0.05) is 0 Å². The highest BCUT2D eigenvalue weighted by Gasteiger charge is 2.12. The van der Waals surface area contributed by atoms with Crippen LogP contribution in [0, 0.1) is 12.7 Å². The molecule has 0 atom stereocenters. The number of halogens is 2. The van der Waals surface area contributed by atoms with Crippen molar-refractivity contribution in [3.63, 3.8) is 0 Å². The number of carbonyl (C=O) groups excluding carboxylic acids is 1. The van der Waals surface area contributed by atoms with Gasteiger partial charge in [0, 0.05) is 23.0 Å². The molecule has 0 aliphatic carbocycles. The summed E-state index contributed by atoms with van der Waals surface area (Å²) in [5.41, 5.74) is 7.67. The number of methoxy groups -OCH3 is 1. The number of amides is 1. The number of rotatable bonds is 3. The Morgan fingerprint density at radius 3 is 2.67 bits per heavy atom. The third kappa shape index (κ3) is 3.52. The van der Waals surface area contributed by atoms with E-state index < -0.39 is 0 Å². The Bertz CT molecular complexity index is 704. The number of nitrogens with one attached hydrogen (secondary N) is 1. The van der Waals surface area contributed by atoms with Gasteiger partial charge < -0.3 is 15.8 Å². The maximum atomic E-state index is 13.4. The van der Waals surface area contributed by atoms with Crippen LogP contribution in [0.2, 0.25) is 0 Å². The van der Waals surface area contributed by atoms with E-state index in [4.69, 9.17) is 10.5 Å². The second kappa shape index (κ2) is 6.13. The van der Waals surface area contributed by atoms with E-state index in [1.54, 1.807) is 25.1 Å². The van der Waals surface area contributed by atoms with Crippen molar-refractivity contribution in [3.8, 4) is 5.75 Å². The van der Waals surface area contributed by atoms with E-state index >= 15 is 0 Å². The van der Waals surface area contributed by atoms with E-state index in [1.165, 1.54) is 19.2 Å². The molecule has 0 aromatic heterocycles. The zero-order valence-corrected chi connectivity index (χ0v) is 13.1. The highest BCUT2D eigenvalue weighted by molar-refractivity contribution is 9.10.